The van der Waals surface area contributed by atoms with Crippen molar-refractivity contribution in [1.29, 1.82) is 0 Å². The lowest BCUT2D eigenvalue weighted by Gasteiger charge is -2.10. The molecule has 0 rings (SSSR count). The van der Waals surface area contributed by atoms with E-state index in [0.29, 0.717) is 26.1 Å². The molecule has 0 saturated carbocycles. The highest BCUT2D eigenvalue weighted by atomic mass is 16.5. The Hall–Kier alpha value is -0.650. The SMILES string of the molecule is CNCCOC(=O)[C@@H](N)CCCCN. The van der Waals surface area contributed by atoms with Gasteiger partial charge < -0.3 is 21.5 Å². The average Bonchev–Trinajstić information content (AvgIpc) is 2.18. The van der Waals surface area contributed by atoms with Crippen LogP contribution < -0.4 is 16.8 Å². The molecule has 0 aliphatic rings. The predicted molar refractivity (Wildman–Crippen MR) is 55.8 cm³/mol. The van der Waals surface area contributed by atoms with Gasteiger partial charge in [-0.2, -0.15) is 0 Å². The highest BCUT2D eigenvalue weighted by Crippen LogP contribution is 1.99. The van der Waals surface area contributed by atoms with E-state index in [4.69, 9.17) is 16.2 Å². The fraction of sp³-hybridized carbons (Fsp3) is 0.889. The number of unbranched alkanes of at least 4 members (excludes halogenated alkanes) is 1. The topological polar surface area (TPSA) is 90.4 Å². The fourth-order valence-corrected chi connectivity index (χ4v) is 0.987. The summed E-state index contributed by atoms with van der Waals surface area (Å²) in [7, 11) is 1.80. The number of carbonyl (C=O) groups is 1. The third-order valence-corrected chi connectivity index (χ3v) is 1.87. The molecule has 0 aromatic rings. The van der Waals surface area contributed by atoms with Gasteiger partial charge in [-0.1, -0.05) is 6.42 Å². The Kier molecular flexibility index (Phi) is 8.51. The molecule has 0 aliphatic carbocycles. The Balaban J connectivity index is 3.44. The third-order valence-electron chi connectivity index (χ3n) is 1.87. The summed E-state index contributed by atoms with van der Waals surface area (Å²) < 4.78 is 4.92. The number of hydrogen-bond donors (Lipinski definition) is 3. The van der Waals surface area contributed by atoms with Gasteiger partial charge in [0.1, 0.15) is 12.6 Å². The Morgan fingerprint density at radius 2 is 2.21 bits per heavy atom. The molecule has 0 bridgehead atoms. The molecule has 0 spiro atoms. The van der Waals surface area contributed by atoms with Crippen LogP contribution in [0, 0.1) is 0 Å². The summed E-state index contributed by atoms with van der Waals surface area (Å²) in [6.45, 7) is 1.67. The van der Waals surface area contributed by atoms with E-state index in [0.717, 1.165) is 12.8 Å². The molecule has 0 heterocycles. The highest BCUT2D eigenvalue weighted by Gasteiger charge is 2.13. The van der Waals surface area contributed by atoms with Gasteiger partial charge >= 0.3 is 5.97 Å². The van der Waals surface area contributed by atoms with Crippen molar-refractivity contribution < 1.29 is 9.53 Å². The van der Waals surface area contributed by atoms with E-state index >= 15 is 0 Å². The molecular formula is C9H21N3O2. The van der Waals surface area contributed by atoms with Crippen LogP contribution in [0.4, 0.5) is 0 Å². The first-order valence-electron chi connectivity index (χ1n) is 4.99. The summed E-state index contributed by atoms with van der Waals surface area (Å²) in [6.07, 6.45) is 2.42. The van der Waals surface area contributed by atoms with Crippen molar-refractivity contribution in [1.82, 2.24) is 5.32 Å². The molecule has 5 N–H and O–H groups in total. The van der Waals surface area contributed by atoms with Crippen molar-refractivity contribution in [2.45, 2.75) is 25.3 Å². The minimum absolute atomic E-state index is 0.322. The minimum Gasteiger partial charge on any atom is -0.463 e. The molecule has 0 radical (unpaired) electrons. The number of hydrogen-bond acceptors (Lipinski definition) is 5. The Morgan fingerprint density at radius 1 is 1.50 bits per heavy atom. The third kappa shape index (κ3) is 6.82. The summed E-state index contributed by atoms with van der Waals surface area (Å²) in [5.74, 6) is -0.322. The van der Waals surface area contributed by atoms with E-state index < -0.39 is 6.04 Å². The first-order valence-corrected chi connectivity index (χ1v) is 4.99. The summed E-state index contributed by atoms with van der Waals surface area (Å²) in [5.41, 5.74) is 10.9. The van der Waals surface area contributed by atoms with Crippen LogP contribution in [-0.4, -0.2) is 38.8 Å². The normalized spacial score (nSPS) is 12.5. The second kappa shape index (κ2) is 8.93. The van der Waals surface area contributed by atoms with E-state index in [1.165, 1.54) is 0 Å². The van der Waals surface area contributed by atoms with Crippen molar-refractivity contribution in [3.63, 3.8) is 0 Å². The Labute approximate surface area is 85.2 Å². The zero-order valence-electron chi connectivity index (χ0n) is 8.79. The van der Waals surface area contributed by atoms with Gasteiger partial charge in [-0.25, -0.2) is 0 Å². The summed E-state index contributed by atoms with van der Waals surface area (Å²) in [6, 6.07) is -0.501. The van der Waals surface area contributed by atoms with Crippen LogP contribution in [0.3, 0.4) is 0 Å². The summed E-state index contributed by atoms with van der Waals surface area (Å²) >= 11 is 0. The monoisotopic (exact) mass is 203 g/mol. The largest absolute Gasteiger partial charge is 0.463 e. The second-order valence-corrected chi connectivity index (χ2v) is 3.16. The van der Waals surface area contributed by atoms with Gasteiger partial charge in [-0.05, 0) is 26.4 Å². The molecule has 0 fully saturated rings. The summed E-state index contributed by atoms with van der Waals surface area (Å²) in [5, 5.41) is 2.88. The number of ether oxygens (including phenoxy) is 1. The van der Waals surface area contributed by atoms with E-state index in [9.17, 15) is 4.79 Å². The number of nitrogens with two attached hydrogens (primary N) is 2. The van der Waals surface area contributed by atoms with Crippen molar-refractivity contribution in [3.8, 4) is 0 Å². The van der Waals surface area contributed by atoms with Crippen LogP contribution >= 0.6 is 0 Å². The van der Waals surface area contributed by atoms with Crippen molar-refractivity contribution in [2.75, 3.05) is 26.7 Å². The van der Waals surface area contributed by atoms with Gasteiger partial charge in [0.05, 0.1) is 0 Å². The average molecular weight is 203 g/mol. The van der Waals surface area contributed by atoms with Gasteiger partial charge in [-0.3, -0.25) is 4.79 Å². The molecule has 14 heavy (non-hydrogen) atoms. The molecule has 0 unspecified atom stereocenters. The lowest BCUT2D eigenvalue weighted by molar-refractivity contribution is -0.145. The molecule has 0 aliphatic heterocycles. The van der Waals surface area contributed by atoms with Crippen LogP contribution in [0.15, 0.2) is 0 Å². The molecule has 0 saturated heterocycles. The number of esters is 1. The minimum atomic E-state index is -0.501. The Morgan fingerprint density at radius 3 is 2.79 bits per heavy atom. The van der Waals surface area contributed by atoms with E-state index in [2.05, 4.69) is 5.32 Å². The lowest BCUT2D eigenvalue weighted by Crippen LogP contribution is -2.33. The molecule has 0 aromatic carbocycles. The number of likely N-dealkylation sites (N-methyl/N-ethyl adjacent to an activating group) is 1. The first kappa shape index (κ1) is 13.4. The van der Waals surface area contributed by atoms with Gasteiger partial charge in [0, 0.05) is 6.54 Å². The molecule has 1 atom stereocenters. The van der Waals surface area contributed by atoms with Crippen LogP contribution in [0.2, 0.25) is 0 Å². The number of rotatable bonds is 8. The van der Waals surface area contributed by atoms with Gasteiger partial charge in [0.25, 0.3) is 0 Å². The maximum absolute atomic E-state index is 11.2. The lowest BCUT2D eigenvalue weighted by atomic mass is 10.1. The summed E-state index contributed by atoms with van der Waals surface area (Å²) in [4.78, 5) is 11.2. The second-order valence-electron chi connectivity index (χ2n) is 3.16. The smallest absolute Gasteiger partial charge is 0.322 e. The van der Waals surface area contributed by atoms with Crippen molar-refractivity contribution >= 4 is 5.97 Å². The van der Waals surface area contributed by atoms with Crippen LogP contribution in [-0.2, 0) is 9.53 Å². The van der Waals surface area contributed by atoms with Crippen molar-refractivity contribution in [3.05, 3.63) is 0 Å². The molecule has 84 valence electrons. The van der Waals surface area contributed by atoms with Gasteiger partial charge in [0.15, 0.2) is 0 Å². The molecule has 5 nitrogen and oxygen atoms in total. The van der Waals surface area contributed by atoms with Crippen molar-refractivity contribution in [2.24, 2.45) is 11.5 Å². The zero-order chi connectivity index (χ0) is 10.8. The van der Waals surface area contributed by atoms with Crippen LogP contribution in [0.1, 0.15) is 19.3 Å². The molecule has 0 amide bonds. The van der Waals surface area contributed by atoms with E-state index in [1.807, 2.05) is 0 Å². The molecule has 0 aromatic heterocycles. The fourth-order valence-electron chi connectivity index (χ4n) is 0.987. The zero-order valence-corrected chi connectivity index (χ0v) is 8.79. The first-order chi connectivity index (χ1) is 6.72. The number of carbonyl (C=O) groups excluding carboxylic acids is 1. The van der Waals surface area contributed by atoms with Crippen LogP contribution in [0.25, 0.3) is 0 Å². The maximum Gasteiger partial charge on any atom is 0.322 e. The van der Waals surface area contributed by atoms with Gasteiger partial charge in [0.2, 0.25) is 0 Å². The predicted octanol–water partition coefficient (Wildman–Crippen LogP) is -0.795. The quantitative estimate of drug-likeness (QED) is 0.355. The van der Waals surface area contributed by atoms with Crippen LogP contribution in [0.5, 0.6) is 0 Å². The maximum atomic E-state index is 11.2. The van der Waals surface area contributed by atoms with Gasteiger partial charge in [-0.15, -0.1) is 0 Å². The molecular weight excluding hydrogens is 182 g/mol. The molecule has 5 heteroatoms. The highest BCUT2D eigenvalue weighted by molar-refractivity contribution is 5.75. The van der Waals surface area contributed by atoms with E-state index in [-0.39, 0.29) is 5.97 Å². The number of nitrogens with one attached hydrogen (secondary N) is 1. The Bertz CT molecular complexity index is 153. The standard InChI is InChI=1S/C9H21N3O2/c1-12-6-7-14-9(13)8(11)4-2-3-5-10/h8,12H,2-7,10-11H2,1H3/t8-/m0/s1. The van der Waals surface area contributed by atoms with E-state index in [1.54, 1.807) is 7.05 Å².